The Bertz CT molecular complexity index is 588. The molecule has 1 N–H and O–H groups in total. The van der Waals surface area contributed by atoms with Gasteiger partial charge in [0, 0.05) is 11.8 Å². The fourth-order valence-corrected chi connectivity index (χ4v) is 2.68. The van der Waals surface area contributed by atoms with Crippen LogP contribution in [0.3, 0.4) is 0 Å². The van der Waals surface area contributed by atoms with Crippen molar-refractivity contribution in [1.29, 1.82) is 0 Å². The van der Waals surface area contributed by atoms with Crippen molar-refractivity contribution < 1.29 is 4.74 Å². The van der Waals surface area contributed by atoms with Crippen molar-refractivity contribution in [1.82, 2.24) is 0 Å². The molecular formula is C16H15Cl2NO. The second-order valence-electron chi connectivity index (χ2n) is 4.89. The number of hydrogen-bond acceptors (Lipinski definition) is 2. The lowest BCUT2D eigenvalue weighted by atomic mass is 10.1. The highest BCUT2D eigenvalue weighted by molar-refractivity contribution is 6.42. The number of ether oxygens (including phenoxy) is 1. The molecule has 1 heterocycles. The number of anilines is 1. The van der Waals surface area contributed by atoms with E-state index in [0.717, 1.165) is 25.1 Å². The number of nitrogens with one attached hydrogen (secondary N) is 1. The van der Waals surface area contributed by atoms with Crippen LogP contribution in [-0.4, -0.2) is 12.6 Å². The average Bonchev–Trinajstić information content (AvgIpc) is 2.66. The van der Waals surface area contributed by atoms with Crippen LogP contribution in [0.2, 0.25) is 10.0 Å². The van der Waals surface area contributed by atoms with Gasteiger partial charge < -0.3 is 10.1 Å². The molecule has 0 aromatic heterocycles. The second-order valence-corrected chi connectivity index (χ2v) is 5.71. The van der Waals surface area contributed by atoms with Crippen molar-refractivity contribution >= 4 is 28.9 Å². The predicted molar refractivity (Wildman–Crippen MR) is 84.1 cm³/mol. The molecule has 0 amide bonds. The lowest BCUT2D eigenvalue weighted by molar-refractivity contribution is 0.206. The summed E-state index contributed by atoms with van der Waals surface area (Å²) >= 11 is 11.9. The summed E-state index contributed by atoms with van der Waals surface area (Å²) in [5.74, 6) is 0.761. The maximum atomic E-state index is 6.01. The maximum Gasteiger partial charge on any atom is 0.121 e. The predicted octanol–water partition coefficient (Wildman–Crippen LogP) is 4.80. The van der Waals surface area contributed by atoms with E-state index < -0.39 is 0 Å². The first-order chi connectivity index (χ1) is 9.72. The third-order valence-electron chi connectivity index (χ3n) is 3.47. The Morgan fingerprint density at radius 2 is 1.90 bits per heavy atom. The fourth-order valence-electron chi connectivity index (χ4n) is 2.40. The van der Waals surface area contributed by atoms with Crippen LogP contribution in [-0.2, 0) is 6.42 Å². The summed E-state index contributed by atoms with van der Waals surface area (Å²) in [6.45, 7) is 0.789. The molecule has 2 aromatic carbocycles. The van der Waals surface area contributed by atoms with Gasteiger partial charge in [0.05, 0.1) is 16.6 Å². The van der Waals surface area contributed by atoms with Gasteiger partial charge >= 0.3 is 0 Å². The van der Waals surface area contributed by atoms with Gasteiger partial charge in [-0.15, -0.1) is 0 Å². The number of rotatable bonds is 2. The van der Waals surface area contributed by atoms with Crippen molar-refractivity contribution in [3.8, 4) is 5.75 Å². The first-order valence-corrected chi connectivity index (χ1v) is 7.41. The highest BCUT2D eigenvalue weighted by Crippen LogP contribution is 2.28. The Morgan fingerprint density at radius 3 is 2.75 bits per heavy atom. The molecular weight excluding hydrogens is 293 g/mol. The molecule has 1 unspecified atom stereocenters. The fraction of sp³-hybridized carbons (Fsp3) is 0.250. The Balaban J connectivity index is 1.69. The average molecular weight is 308 g/mol. The lowest BCUT2D eigenvalue weighted by Crippen LogP contribution is -2.24. The number of fused-ring (bicyclic) bond motifs is 1. The van der Waals surface area contributed by atoms with Gasteiger partial charge in [0.15, 0.2) is 0 Å². The standard InChI is InChI=1S/C16H15Cl2NO/c17-14-8-7-12(9-15(14)18)20-13-6-5-11-3-1-2-4-16(11)19-10-13/h1-4,7-9,13,19H,5-6,10H2. The van der Waals surface area contributed by atoms with Crippen molar-refractivity contribution in [2.24, 2.45) is 0 Å². The minimum absolute atomic E-state index is 0.125. The van der Waals surface area contributed by atoms with Gasteiger partial charge in [-0.1, -0.05) is 41.4 Å². The van der Waals surface area contributed by atoms with E-state index >= 15 is 0 Å². The Hall–Kier alpha value is -1.38. The van der Waals surface area contributed by atoms with Gasteiger partial charge in [0.2, 0.25) is 0 Å². The van der Waals surface area contributed by atoms with Crippen molar-refractivity contribution in [2.45, 2.75) is 18.9 Å². The Morgan fingerprint density at radius 1 is 1.05 bits per heavy atom. The number of para-hydroxylation sites is 1. The normalized spacial score (nSPS) is 17.8. The van der Waals surface area contributed by atoms with Crippen LogP contribution >= 0.6 is 23.2 Å². The van der Waals surface area contributed by atoms with E-state index in [1.54, 1.807) is 12.1 Å². The molecule has 0 fully saturated rings. The van der Waals surface area contributed by atoms with Crippen LogP contribution in [0.1, 0.15) is 12.0 Å². The Labute approximate surface area is 128 Å². The molecule has 0 saturated heterocycles. The largest absolute Gasteiger partial charge is 0.489 e. The Kier molecular flexibility index (Phi) is 4.04. The molecule has 0 saturated carbocycles. The summed E-state index contributed by atoms with van der Waals surface area (Å²) in [6, 6.07) is 13.8. The zero-order chi connectivity index (χ0) is 13.9. The summed E-state index contributed by atoms with van der Waals surface area (Å²) in [6.07, 6.45) is 2.11. The number of hydrogen-bond donors (Lipinski definition) is 1. The minimum atomic E-state index is 0.125. The molecule has 1 atom stereocenters. The van der Waals surface area contributed by atoms with Crippen molar-refractivity contribution in [2.75, 3.05) is 11.9 Å². The third kappa shape index (κ3) is 3.02. The SMILES string of the molecule is Clc1ccc(OC2CCc3ccccc3NC2)cc1Cl. The van der Waals surface area contributed by atoms with Crippen LogP contribution in [0.15, 0.2) is 42.5 Å². The topological polar surface area (TPSA) is 21.3 Å². The maximum absolute atomic E-state index is 6.01. The van der Waals surface area contributed by atoms with Gasteiger partial charge in [-0.05, 0) is 36.6 Å². The van der Waals surface area contributed by atoms with Crippen molar-refractivity contribution in [3.63, 3.8) is 0 Å². The minimum Gasteiger partial charge on any atom is -0.489 e. The number of aryl methyl sites for hydroxylation is 1. The van der Waals surface area contributed by atoms with Gasteiger partial charge in [-0.25, -0.2) is 0 Å². The number of halogens is 2. The molecule has 2 nitrogen and oxygen atoms in total. The van der Waals surface area contributed by atoms with Crippen LogP contribution in [0.4, 0.5) is 5.69 Å². The van der Waals surface area contributed by atoms with E-state index in [1.165, 1.54) is 11.3 Å². The molecule has 0 bridgehead atoms. The zero-order valence-corrected chi connectivity index (χ0v) is 12.4. The van der Waals surface area contributed by atoms with E-state index in [0.29, 0.717) is 10.0 Å². The first kappa shape index (κ1) is 13.6. The van der Waals surface area contributed by atoms with Gasteiger partial charge in [-0.3, -0.25) is 0 Å². The monoisotopic (exact) mass is 307 g/mol. The van der Waals surface area contributed by atoms with Gasteiger partial charge in [-0.2, -0.15) is 0 Å². The molecule has 0 radical (unpaired) electrons. The van der Waals surface area contributed by atoms with Gasteiger partial charge in [0.1, 0.15) is 11.9 Å². The molecule has 0 spiro atoms. The van der Waals surface area contributed by atoms with E-state index in [1.807, 2.05) is 12.1 Å². The summed E-state index contributed by atoms with van der Waals surface area (Å²) in [5.41, 5.74) is 2.54. The number of benzene rings is 2. The quantitative estimate of drug-likeness (QED) is 0.860. The summed E-state index contributed by atoms with van der Waals surface area (Å²) in [4.78, 5) is 0. The lowest BCUT2D eigenvalue weighted by Gasteiger charge is -2.17. The van der Waals surface area contributed by atoms with Crippen LogP contribution in [0, 0.1) is 0 Å². The van der Waals surface area contributed by atoms with E-state index in [-0.39, 0.29) is 6.10 Å². The van der Waals surface area contributed by atoms with E-state index in [4.69, 9.17) is 27.9 Å². The van der Waals surface area contributed by atoms with E-state index in [9.17, 15) is 0 Å². The molecule has 1 aliphatic rings. The zero-order valence-electron chi connectivity index (χ0n) is 10.9. The van der Waals surface area contributed by atoms with Crippen LogP contribution in [0.5, 0.6) is 5.75 Å². The summed E-state index contributed by atoms with van der Waals surface area (Å²) in [7, 11) is 0. The van der Waals surface area contributed by atoms with Crippen molar-refractivity contribution in [3.05, 3.63) is 58.1 Å². The first-order valence-electron chi connectivity index (χ1n) is 6.66. The molecule has 20 heavy (non-hydrogen) atoms. The highest BCUT2D eigenvalue weighted by Gasteiger charge is 2.17. The molecule has 4 heteroatoms. The molecule has 104 valence electrons. The molecule has 0 aliphatic carbocycles. The van der Waals surface area contributed by atoms with E-state index in [2.05, 4.69) is 23.5 Å². The second kappa shape index (κ2) is 5.94. The highest BCUT2D eigenvalue weighted by atomic mass is 35.5. The smallest absolute Gasteiger partial charge is 0.121 e. The molecule has 2 aromatic rings. The van der Waals surface area contributed by atoms with Crippen LogP contribution in [0.25, 0.3) is 0 Å². The van der Waals surface area contributed by atoms with Crippen LogP contribution < -0.4 is 10.1 Å². The summed E-state index contributed by atoms with van der Waals surface area (Å²) < 4.78 is 6.00. The molecule has 3 rings (SSSR count). The molecule has 1 aliphatic heterocycles. The van der Waals surface area contributed by atoms with Gasteiger partial charge in [0.25, 0.3) is 0 Å². The third-order valence-corrected chi connectivity index (χ3v) is 4.21. The summed E-state index contributed by atoms with van der Waals surface area (Å²) in [5, 5.41) is 4.51.